The van der Waals surface area contributed by atoms with Crippen LogP contribution in [0.3, 0.4) is 0 Å². The summed E-state index contributed by atoms with van der Waals surface area (Å²) in [6.07, 6.45) is 5.59. The van der Waals surface area contributed by atoms with Crippen molar-refractivity contribution in [2.45, 2.75) is 44.6 Å². The first-order valence-corrected chi connectivity index (χ1v) is 8.37. The van der Waals surface area contributed by atoms with Gasteiger partial charge in [-0.1, -0.05) is 6.42 Å². The van der Waals surface area contributed by atoms with Crippen LogP contribution in [0, 0.1) is 5.41 Å². The third kappa shape index (κ3) is 3.01. The summed E-state index contributed by atoms with van der Waals surface area (Å²) in [5.41, 5.74) is 5.95. The molecule has 2 rings (SSSR count). The highest BCUT2D eigenvalue weighted by atomic mass is 32.2. The lowest BCUT2D eigenvalue weighted by molar-refractivity contribution is 0.126. The summed E-state index contributed by atoms with van der Waals surface area (Å²) in [5, 5.41) is 3.44. The number of rotatable bonds is 5. The van der Waals surface area contributed by atoms with Crippen molar-refractivity contribution in [3.8, 4) is 0 Å². The quantitative estimate of drug-likeness (QED) is 0.762. The smallest absolute Gasteiger partial charge is 0.152 e. The molecule has 17 heavy (non-hydrogen) atoms. The molecule has 4 nitrogen and oxygen atoms in total. The SMILES string of the molecule is CC1(NCCC2(CN)CCC2)CCS(=O)(=O)C1. The summed E-state index contributed by atoms with van der Waals surface area (Å²) >= 11 is 0. The van der Waals surface area contributed by atoms with E-state index in [4.69, 9.17) is 5.73 Å². The minimum atomic E-state index is -2.80. The van der Waals surface area contributed by atoms with Crippen LogP contribution in [-0.4, -0.2) is 38.6 Å². The molecular formula is C12H24N2O2S. The lowest BCUT2D eigenvalue weighted by Gasteiger charge is -2.42. The lowest BCUT2D eigenvalue weighted by Crippen LogP contribution is -2.47. The minimum absolute atomic E-state index is 0.210. The van der Waals surface area contributed by atoms with E-state index >= 15 is 0 Å². The van der Waals surface area contributed by atoms with Crippen LogP contribution in [0.4, 0.5) is 0 Å². The van der Waals surface area contributed by atoms with Crippen molar-refractivity contribution < 1.29 is 8.42 Å². The van der Waals surface area contributed by atoms with E-state index in [1.807, 2.05) is 6.92 Å². The van der Waals surface area contributed by atoms with Gasteiger partial charge in [-0.2, -0.15) is 0 Å². The molecule has 100 valence electrons. The van der Waals surface area contributed by atoms with Gasteiger partial charge in [-0.25, -0.2) is 8.42 Å². The second-order valence-corrected chi connectivity index (χ2v) is 8.32. The second-order valence-electron chi connectivity index (χ2n) is 6.14. The number of nitrogens with two attached hydrogens (primary N) is 1. The fourth-order valence-corrected chi connectivity index (χ4v) is 5.14. The molecule has 0 bridgehead atoms. The van der Waals surface area contributed by atoms with Crippen molar-refractivity contribution in [1.82, 2.24) is 5.32 Å². The third-order valence-electron chi connectivity index (χ3n) is 4.56. The molecule has 0 aromatic heterocycles. The zero-order valence-electron chi connectivity index (χ0n) is 10.7. The minimum Gasteiger partial charge on any atom is -0.330 e. The molecule has 1 aliphatic heterocycles. The Hall–Kier alpha value is -0.130. The topological polar surface area (TPSA) is 72.2 Å². The van der Waals surface area contributed by atoms with E-state index in [1.54, 1.807) is 0 Å². The molecule has 0 radical (unpaired) electrons. The summed E-state index contributed by atoms with van der Waals surface area (Å²) < 4.78 is 22.9. The molecule has 1 unspecified atom stereocenters. The van der Waals surface area contributed by atoms with Gasteiger partial charge in [-0.15, -0.1) is 0 Å². The molecule has 2 aliphatic rings. The Morgan fingerprint density at radius 2 is 2.00 bits per heavy atom. The molecule has 1 atom stereocenters. The summed E-state index contributed by atoms with van der Waals surface area (Å²) in [7, 11) is -2.80. The maximum atomic E-state index is 11.5. The molecule has 0 aromatic rings. The zero-order chi connectivity index (χ0) is 12.6. The second kappa shape index (κ2) is 4.52. The Kier molecular flexibility index (Phi) is 3.54. The molecule has 1 saturated carbocycles. The van der Waals surface area contributed by atoms with E-state index in [9.17, 15) is 8.42 Å². The molecule has 0 aromatic carbocycles. The van der Waals surface area contributed by atoms with Crippen LogP contribution in [0.15, 0.2) is 0 Å². The first-order chi connectivity index (χ1) is 7.89. The fourth-order valence-electron chi connectivity index (χ4n) is 3.01. The normalized spacial score (nSPS) is 34.5. The Morgan fingerprint density at radius 3 is 2.41 bits per heavy atom. The first-order valence-electron chi connectivity index (χ1n) is 6.54. The van der Waals surface area contributed by atoms with Gasteiger partial charge in [0, 0.05) is 5.54 Å². The van der Waals surface area contributed by atoms with E-state index in [2.05, 4.69) is 5.32 Å². The van der Waals surface area contributed by atoms with Crippen molar-refractivity contribution in [2.24, 2.45) is 11.1 Å². The predicted molar refractivity (Wildman–Crippen MR) is 69.6 cm³/mol. The summed E-state index contributed by atoms with van der Waals surface area (Å²) in [6, 6.07) is 0. The third-order valence-corrected chi connectivity index (χ3v) is 6.46. The molecule has 5 heteroatoms. The Labute approximate surface area is 104 Å². The summed E-state index contributed by atoms with van der Waals surface area (Å²) in [5.74, 6) is 0.619. The van der Waals surface area contributed by atoms with Gasteiger partial charge in [0.05, 0.1) is 11.5 Å². The van der Waals surface area contributed by atoms with Crippen LogP contribution in [0.5, 0.6) is 0 Å². The molecule has 2 fully saturated rings. The highest BCUT2D eigenvalue weighted by Crippen LogP contribution is 2.42. The first kappa shape index (κ1) is 13.3. The van der Waals surface area contributed by atoms with Gasteiger partial charge in [0.1, 0.15) is 0 Å². The number of nitrogens with one attached hydrogen (secondary N) is 1. The highest BCUT2D eigenvalue weighted by Gasteiger charge is 2.39. The van der Waals surface area contributed by atoms with Crippen molar-refractivity contribution in [2.75, 3.05) is 24.6 Å². The summed E-state index contributed by atoms with van der Waals surface area (Å²) in [4.78, 5) is 0. The lowest BCUT2D eigenvalue weighted by atomic mass is 9.66. The fraction of sp³-hybridized carbons (Fsp3) is 1.00. The van der Waals surface area contributed by atoms with E-state index in [0.29, 0.717) is 11.2 Å². The molecule has 1 heterocycles. The predicted octanol–water partition coefficient (Wildman–Crippen LogP) is 0.672. The zero-order valence-corrected chi connectivity index (χ0v) is 11.5. The number of hydrogen-bond acceptors (Lipinski definition) is 4. The number of sulfone groups is 1. The maximum Gasteiger partial charge on any atom is 0.152 e. The van der Waals surface area contributed by atoms with Crippen LogP contribution in [0.25, 0.3) is 0 Å². The molecular weight excluding hydrogens is 236 g/mol. The molecule has 3 N–H and O–H groups in total. The van der Waals surface area contributed by atoms with Crippen molar-refractivity contribution in [3.63, 3.8) is 0 Å². The average Bonchev–Trinajstić information content (AvgIpc) is 2.46. The van der Waals surface area contributed by atoms with Crippen LogP contribution in [0.1, 0.15) is 39.0 Å². The van der Waals surface area contributed by atoms with Gasteiger partial charge in [0.25, 0.3) is 0 Å². The van der Waals surface area contributed by atoms with Crippen molar-refractivity contribution in [1.29, 1.82) is 0 Å². The van der Waals surface area contributed by atoms with E-state index in [0.717, 1.165) is 25.9 Å². The van der Waals surface area contributed by atoms with Crippen LogP contribution in [-0.2, 0) is 9.84 Å². The van der Waals surface area contributed by atoms with Gasteiger partial charge >= 0.3 is 0 Å². The van der Waals surface area contributed by atoms with E-state index in [-0.39, 0.29) is 11.3 Å². The van der Waals surface area contributed by atoms with Gasteiger partial charge in [0.2, 0.25) is 0 Å². The highest BCUT2D eigenvalue weighted by molar-refractivity contribution is 7.91. The molecule has 1 saturated heterocycles. The Balaban J connectivity index is 1.79. The Morgan fingerprint density at radius 1 is 1.29 bits per heavy atom. The Bertz CT molecular complexity index is 370. The average molecular weight is 260 g/mol. The van der Waals surface area contributed by atoms with E-state index in [1.165, 1.54) is 19.3 Å². The van der Waals surface area contributed by atoms with Gasteiger partial charge < -0.3 is 11.1 Å². The maximum absolute atomic E-state index is 11.5. The molecule has 0 amide bonds. The van der Waals surface area contributed by atoms with Gasteiger partial charge in [0.15, 0.2) is 9.84 Å². The van der Waals surface area contributed by atoms with E-state index < -0.39 is 9.84 Å². The van der Waals surface area contributed by atoms with Gasteiger partial charge in [-0.05, 0) is 51.1 Å². The standard InChI is InChI=1S/C12H24N2O2S/c1-11(6-8-17(15,16)10-11)14-7-5-12(9-13)3-2-4-12/h14H,2-10,13H2,1H3. The molecule has 1 aliphatic carbocycles. The number of hydrogen-bond donors (Lipinski definition) is 2. The van der Waals surface area contributed by atoms with Crippen molar-refractivity contribution in [3.05, 3.63) is 0 Å². The monoisotopic (exact) mass is 260 g/mol. The van der Waals surface area contributed by atoms with Crippen molar-refractivity contribution >= 4 is 9.84 Å². The molecule has 0 spiro atoms. The summed E-state index contributed by atoms with van der Waals surface area (Å²) in [6.45, 7) is 3.68. The van der Waals surface area contributed by atoms with Gasteiger partial charge in [-0.3, -0.25) is 0 Å². The van der Waals surface area contributed by atoms with Crippen LogP contribution < -0.4 is 11.1 Å². The largest absolute Gasteiger partial charge is 0.330 e. The van der Waals surface area contributed by atoms with Crippen LogP contribution in [0.2, 0.25) is 0 Å². The van der Waals surface area contributed by atoms with Crippen LogP contribution >= 0.6 is 0 Å².